The third-order valence-corrected chi connectivity index (χ3v) is 15.5. The van der Waals surface area contributed by atoms with Crippen molar-refractivity contribution in [3.8, 4) is 0 Å². The first-order valence-electron chi connectivity index (χ1n) is 25.9. The number of carbonyl (C=O) groups is 7. The van der Waals surface area contributed by atoms with Crippen LogP contribution in [0.15, 0.2) is 28.2 Å². The van der Waals surface area contributed by atoms with Crippen LogP contribution >= 0.6 is 23.5 Å². The first-order chi connectivity index (χ1) is 34.2. The van der Waals surface area contributed by atoms with Crippen LogP contribution < -0.4 is 31.9 Å². The third kappa shape index (κ3) is 20.9. The number of nitrogens with zero attached hydrogens (tertiary/aromatic N) is 2. The monoisotopic (exact) mass is 1040 g/mol. The molecule has 72 heavy (non-hydrogen) atoms. The van der Waals surface area contributed by atoms with Crippen LogP contribution in [-0.4, -0.2) is 131 Å². The zero-order chi connectivity index (χ0) is 52.3. The number of fused-ring (bicyclic) bond motifs is 2. The number of ether oxygens (including phenoxy) is 3. The molecule has 2 fully saturated rings. The fourth-order valence-corrected chi connectivity index (χ4v) is 12.1. The smallest absolute Gasteiger partial charge is 0.414 e. The standard InChI is InChI=1S/C52H80N8O10S2/c1-51(2,3)69-49(66)59-47-55-38-31-71-40(44(38)57-47)20-12-14-22-42(63)53-24-16-8-10-18-36(61)29-33-26-34(28-35(27-33)46(65)68-7)30-37(62)19-11-9-17-25-54-43(64)23-15-13-21-41-45-39(32-72-41)56-48(58-45)60-50(67)70-52(4,5)6/h26-28,38-41,44-45H,8-25,29-32H2,1-7H3,(H,53,63)(H,54,64)(H2,55,57,59,66)(H2,56,58,60,67). The van der Waals surface area contributed by atoms with Crippen molar-refractivity contribution in [2.75, 3.05) is 31.7 Å². The van der Waals surface area contributed by atoms with Crippen molar-refractivity contribution in [1.82, 2.24) is 31.9 Å². The van der Waals surface area contributed by atoms with E-state index >= 15 is 0 Å². The molecule has 400 valence electrons. The van der Waals surface area contributed by atoms with Crippen LogP contribution in [-0.2, 0) is 46.2 Å². The maximum absolute atomic E-state index is 13.0. The predicted octanol–water partition coefficient (Wildman–Crippen LogP) is 6.84. The Morgan fingerprint density at radius 2 is 1.00 bits per heavy atom. The van der Waals surface area contributed by atoms with E-state index in [1.807, 2.05) is 71.1 Å². The molecule has 0 saturated carbocycles. The van der Waals surface area contributed by atoms with Gasteiger partial charge in [-0.1, -0.05) is 31.7 Å². The number of hydrogen-bond acceptors (Lipinski definition) is 16. The zero-order valence-corrected chi connectivity index (χ0v) is 45.2. The minimum Gasteiger partial charge on any atom is -0.465 e. The van der Waals surface area contributed by atoms with Gasteiger partial charge in [0.2, 0.25) is 23.7 Å². The van der Waals surface area contributed by atoms with Crippen molar-refractivity contribution < 1.29 is 47.8 Å². The molecule has 0 spiro atoms. The van der Waals surface area contributed by atoms with Crippen LogP contribution in [0, 0.1) is 0 Å². The number of alkyl carbamates (subject to hydrolysis) is 2. The average molecular weight is 1040 g/mol. The van der Waals surface area contributed by atoms with Crippen LogP contribution in [0.4, 0.5) is 9.59 Å². The maximum atomic E-state index is 13.0. The van der Waals surface area contributed by atoms with E-state index in [1.165, 1.54) is 7.11 Å². The molecule has 0 aliphatic carbocycles. The second-order valence-corrected chi connectivity index (χ2v) is 23.8. The molecular weight excluding hydrogens is 961 g/mol. The van der Waals surface area contributed by atoms with Gasteiger partial charge >= 0.3 is 18.2 Å². The summed E-state index contributed by atoms with van der Waals surface area (Å²) in [5.74, 6) is 2.34. The lowest BCUT2D eigenvalue weighted by Crippen LogP contribution is -2.44. The van der Waals surface area contributed by atoms with Gasteiger partial charge in [0, 0.05) is 73.6 Å². The second kappa shape index (κ2) is 28.6. The summed E-state index contributed by atoms with van der Waals surface area (Å²) in [5, 5.41) is 18.7. The van der Waals surface area contributed by atoms with Gasteiger partial charge in [0.25, 0.3) is 0 Å². The van der Waals surface area contributed by atoms with Gasteiger partial charge in [0.1, 0.15) is 22.8 Å². The molecule has 20 heteroatoms. The van der Waals surface area contributed by atoms with E-state index in [1.54, 1.807) is 12.1 Å². The Balaban J connectivity index is 0.877. The summed E-state index contributed by atoms with van der Waals surface area (Å²) in [6, 6.07) is 5.67. The third-order valence-electron chi connectivity index (χ3n) is 12.5. The molecule has 5 rings (SSSR count). The zero-order valence-electron chi connectivity index (χ0n) is 43.5. The van der Waals surface area contributed by atoms with E-state index in [9.17, 15) is 33.6 Å². The van der Waals surface area contributed by atoms with Crippen molar-refractivity contribution in [2.45, 2.75) is 203 Å². The van der Waals surface area contributed by atoms with Crippen LogP contribution in [0.25, 0.3) is 0 Å². The summed E-state index contributed by atoms with van der Waals surface area (Å²) in [6.07, 6.45) is 10.7. The van der Waals surface area contributed by atoms with E-state index in [0.717, 1.165) is 75.7 Å². The van der Waals surface area contributed by atoms with Crippen molar-refractivity contribution in [2.24, 2.45) is 9.98 Å². The molecule has 18 nitrogen and oxygen atoms in total. The summed E-state index contributed by atoms with van der Waals surface area (Å²) >= 11 is 3.75. The molecule has 6 unspecified atom stereocenters. The molecule has 0 radical (unpaired) electrons. The lowest BCUT2D eigenvalue weighted by molar-refractivity contribution is -0.122. The molecule has 4 heterocycles. The van der Waals surface area contributed by atoms with Gasteiger partial charge in [0.15, 0.2) is 0 Å². The number of guanidine groups is 2. The fourth-order valence-electron chi connectivity index (χ4n) is 9.11. The summed E-state index contributed by atoms with van der Waals surface area (Å²) in [6.45, 7) is 12.0. The Bertz CT molecular complexity index is 1970. The lowest BCUT2D eigenvalue weighted by Gasteiger charge is -2.19. The van der Waals surface area contributed by atoms with Gasteiger partial charge in [0.05, 0.1) is 36.8 Å². The number of carbonyl (C=O) groups excluding carboxylic acids is 7. The number of esters is 1. The number of ketones is 2. The van der Waals surface area contributed by atoms with E-state index < -0.39 is 29.4 Å². The molecular formula is C52H80N8O10S2. The average Bonchev–Trinajstić information content (AvgIpc) is 4.07. The molecule has 2 saturated heterocycles. The van der Waals surface area contributed by atoms with E-state index in [0.29, 0.717) is 90.7 Å². The van der Waals surface area contributed by atoms with Crippen LogP contribution in [0.3, 0.4) is 0 Å². The number of unbranched alkanes of at least 4 members (excludes halogenated alkanes) is 6. The number of rotatable bonds is 27. The number of thioether (sulfide) groups is 2. The number of aliphatic imine (C=N–C) groups is 2. The molecule has 0 bridgehead atoms. The molecule has 4 aliphatic rings. The van der Waals surface area contributed by atoms with Gasteiger partial charge in [-0.05, 0) is 116 Å². The first kappa shape index (κ1) is 58.0. The van der Waals surface area contributed by atoms with Crippen molar-refractivity contribution >= 4 is 77.0 Å². The molecule has 6 atom stereocenters. The summed E-state index contributed by atoms with van der Waals surface area (Å²) in [4.78, 5) is 97.2. The highest BCUT2D eigenvalue weighted by Crippen LogP contribution is 2.36. The predicted molar refractivity (Wildman–Crippen MR) is 283 cm³/mol. The summed E-state index contributed by atoms with van der Waals surface area (Å²) < 4.78 is 15.6. The number of Topliss-reactive ketones (excluding diaryl/α,β-unsaturated/α-hetero) is 2. The molecule has 4 aliphatic heterocycles. The van der Waals surface area contributed by atoms with Gasteiger partial charge in [-0.3, -0.25) is 29.8 Å². The quantitative estimate of drug-likeness (QED) is 0.0300. The highest BCUT2D eigenvalue weighted by Gasteiger charge is 2.42. The van der Waals surface area contributed by atoms with E-state index in [2.05, 4.69) is 31.9 Å². The van der Waals surface area contributed by atoms with Gasteiger partial charge in [-0.25, -0.2) is 24.4 Å². The lowest BCUT2D eigenvalue weighted by atomic mass is 9.96. The highest BCUT2D eigenvalue weighted by atomic mass is 32.2. The van der Waals surface area contributed by atoms with Crippen molar-refractivity contribution in [1.29, 1.82) is 0 Å². The fraction of sp³-hybridized carbons (Fsp3) is 0.712. The molecule has 1 aromatic rings. The Morgan fingerprint density at radius 3 is 1.40 bits per heavy atom. The number of benzene rings is 1. The first-order valence-corrected chi connectivity index (χ1v) is 28.0. The molecule has 0 aromatic heterocycles. The molecule has 1 aromatic carbocycles. The second-order valence-electron chi connectivity index (χ2n) is 21.2. The topological polar surface area (TPSA) is 244 Å². The number of amides is 4. The Labute approximate surface area is 434 Å². The summed E-state index contributed by atoms with van der Waals surface area (Å²) in [7, 11) is 1.30. The van der Waals surface area contributed by atoms with Gasteiger partial charge < -0.3 is 35.5 Å². The highest BCUT2D eigenvalue weighted by molar-refractivity contribution is 8.00. The van der Waals surface area contributed by atoms with Gasteiger partial charge in [-0.15, -0.1) is 0 Å². The van der Waals surface area contributed by atoms with Crippen LogP contribution in [0.5, 0.6) is 0 Å². The van der Waals surface area contributed by atoms with Crippen molar-refractivity contribution in [3.05, 3.63) is 34.9 Å². The minimum atomic E-state index is -0.588. The number of nitrogens with one attached hydrogen (secondary N) is 6. The van der Waals surface area contributed by atoms with Gasteiger partial charge in [-0.2, -0.15) is 23.5 Å². The van der Waals surface area contributed by atoms with E-state index in [4.69, 9.17) is 24.2 Å². The van der Waals surface area contributed by atoms with Crippen LogP contribution in [0.1, 0.15) is 166 Å². The summed E-state index contributed by atoms with van der Waals surface area (Å²) in [5.41, 5.74) is 0.469. The van der Waals surface area contributed by atoms with E-state index in [-0.39, 0.29) is 60.4 Å². The van der Waals surface area contributed by atoms with Crippen molar-refractivity contribution in [3.63, 3.8) is 0 Å². The number of methoxy groups -OCH3 is 1. The molecule has 6 N–H and O–H groups in total. The largest absolute Gasteiger partial charge is 0.465 e. The van der Waals surface area contributed by atoms with Crippen LogP contribution in [0.2, 0.25) is 0 Å². The minimum absolute atomic E-state index is 0.0238. The normalized spacial score (nSPS) is 21.0. The Kier molecular flexibility index (Phi) is 23.0. The SMILES string of the molecule is COC(=O)c1cc(CC(=O)CCCCCNC(=O)CCCCC2SCC3NC(NC(=O)OC(C)(C)C)=NC32)cc(CC(=O)CCCCCNC(=O)CCCCC2SCC3NC(NC(=O)OC(C)(C)C)=NC32)c1. The maximum Gasteiger partial charge on any atom is 0.414 e. The Hall–Kier alpha value is -4.85. The molecule has 4 amide bonds. The Morgan fingerprint density at radius 1 is 0.583 bits per heavy atom. The number of hydrogen-bond donors (Lipinski definition) is 6.